The molecule has 41 heavy (non-hydrogen) atoms. The summed E-state index contributed by atoms with van der Waals surface area (Å²) in [5, 5.41) is 5.72. The van der Waals surface area contributed by atoms with Crippen LogP contribution in [0, 0.1) is 17.8 Å². The van der Waals surface area contributed by atoms with Crippen molar-refractivity contribution in [2.45, 2.75) is 77.2 Å². The van der Waals surface area contributed by atoms with Gasteiger partial charge in [0.2, 0.25) is 11.8 Å². The molecule has 0 radical (unpaired) electrons. The standard InChI is InChI=1S/C33H43N3O5/c1-21(2)18-23(31(34)38)19-30(37)29(36-32(39)22-10-3-4-11-22)16-9-17-35-33(40)41-20-28-26-14-7-5-12-24(26)25-13-6-8-15-27(25)28/h5-8,12-15,21-23,28-29H,3-4,9-11,16-20H2,1-2H3,(H2,34,38)(H,35,40)(H,36,39)/t23-,29+/m1/s1. The molecule has 3 amide bonds. The second kappa shape index (κ2) is 14.3. The van der Waals surface area contributed by atoms with E-state index in [0.717, 1.165) is 36.8 Å². The van der Waals surface area contributed by atoms with Crippen molar-refractivity contribution >= 4 is 23.7 Å². The van der Waals surface area contributed by atoms with Gasteiger partial charge in [-0.25, -0.2) is 4.79 Å². The van der Waals surface area contributed by atoms with Gasteiger partial charge in [0, 0.05) is 30.7 Å². The summed E-state index contributed by atoms with van der Waals surface area (Å²) in [5.41, 5.74) is 10.2. The van der Waals surface area contributed by atoms with Crippen molar-refractivity contribution in [2.75, 3.05) is 13.2 Å². The number of carbonyl (C=O) groups excluding carboxylic acids is 4. The summed E-state index contributed by atoms with van der Waals surface area (Å²) in [4.78, 5) is 50.6. The molecule has 2 atom stereocenters. The maximum Gasteiger partial charge on any atom is 0.407 e. The van der Waals surface area contributed by atoms with Gasteiger partial charge in [0.1, 0.15) is 6.61 Å². The molecule has 2 aliphatic rings. The van der Waals surface area contributed by atoms with E-state index < -0.39 is 24.0 Å². The Morgan fingerprint density at radius 3 is 2.15 bits per heavy atom. The van der Waals surface area contributed by atoms with Gasteiger partial charge in [-0.3, -0.25) is 14.4 Å². The first-order valence-corrected chi connectivity index (χ1v) is 15.0. The van der Waals surface area contributed by atoms with E-state index in [1.54, 1.807) is 0 Å². The van der Waals surface area contributed by atoms with E-state index >= 15 is 0 Å². The Labute approximate surface area is 242 Å². The van der Waals surface area contributed by atoms with Crippen LogP contribution in [0.2, 0.25) is 0 Å². The van der Waals surface area contributed by atoms with Gasteiger partial charge in [-0.1, -0.05) is 75.2 Å². The zero-order chi connectivity index (χ0) is 29.4. The fourth-order valence-corrected chi connectivity index (χ4v) is 6.19. The molecule has 2 aromatic rings. The lowest BCUT2D eigenvalue weighted by atomic mass is 9.89. The Morgan fingerprint density at radius 1 is 0.951 bits per heavy atom. The van der Waals surface area contributed by atoms with E-state index in [1.807, 2.05) is 38.1 Å². The van der Waals surface area contributed by atoms with Crippen molar-refractivity contribution in [1.29, 1.82) is 0 Å². The average molecular weight is 562 g/mol. The number of ether oxygens (including phenoxy) is 1. The van der Waals surface area contributed by atoms with Crippen LogP contribution in [0.25, 0.3) is 11.1 Å². The molecule has 8 heteroatoms. The minimum absolute atomic E-state index is 0.00291. The number of ketones is 1. The molecule has 2 aromatic carbocycles. The number of alkyl carbamates (subject to hydrolysis) is 1. The minimum atomic E-state index is -0.721. The molecule has 0 aromatic heterocycles. The van der Waals surface area contributed by atoms with E-state index in [9.17, 15) is 19.2 Å². The van der Waals surface area contributed by atoms with Crippen LogP contribution < -0.4 is 16.4 Å². The summed E-state index contributed by atoms with van der Waals surface area (Å²) >= 11 is 0. The predicted molar refractivity (Wildman–Crippen MR) is 158 cm³/mol. The summed E-state index contributed by atoms with van der Waals surface area (Å²) < 4.78 is 5.60. The quantitative estimate of drug-likeness (QED) is 0.277. The molecule has 1 saturated carbocycles. The Hall–Kier alpha value is -3.68. The van der Waals surface area contributed by atoms with E-state index in [4.69, 9.17) is 10.5 Å². The lowest BCUT2D eigenvalue weighted by Gasteiger charge is -2.22. The number of hydrogen-bond acceptors (Lipinski definition) is 5. The second-order valence-electron chi connectivity index (χ2n) is 11.8. The first-order chi connectivity index (χ1) is 19.7. The van der Waals surface area contributed by atoms with Gasteiger partial charge < -0.3 is 21.1 Å². The van der Waals surface area contributed by atoms with Crippen LogP contribution in [0.3, 0.4) is 0 Å². The Morgan fingerprint density at radius 2 is 1.56 bits per heavy atom. The molecule has 2 aliphatic carbocycles. The van der Waals surface area contributed by atoms with E-state index in [2.05, 4.69) is 34.9 Å². The first-order valence-electron chi connectivity index (χ1n) is 15.0. The summed E-state index contributed by atoms with van der Waals surface area (Å²) in [6, 6.07) is 15.6. The normalized spacial score (nSPS) is 16.1. The molecule has 220 valence electrons. The van der Waals surface area contributed by atoms with Gasteiger partial charge in [-0.15, -0.1) is 0 Å². The van der Waals surface area contributed by atoms with E-state index in [1.165, 1.54) is 11.1 Å². The predicted octanol–water partition coefficient (Wildman–Crippen LogP) is 5.09. The molecule has 4 rings (SSSR count). The third kappa shape index (κ3) is 7.96. The van der Waals surface area contributed by atoms with Crippen molar-refractivity contribution < 1.29 is 23.9 Å². The molecular formula is C33H43N3O5. The highest BCUT2D eigenvalue weighted by Gasteiger charge is 2.31. The van der Waals surface area contributed by atoms with E-state index in [-0.39, 0.29) is 42.5 Å². The molecule has 0 bridgehead atoms. The number of nitrogens with one attached hydrogen (secondary N) is 2. The van der Waals surface area contributed by atoms with Crippen molar-refractivity contribution in [3.63, 3.8) is 0 Å². The molecule has 0 aliphatic heterocycles. The highest BCUT2D eigenvalue weighted by Crippen LogP contribution is 2.44. The third-order valence-electron chi connectivity index (χ3n) is 8.32. The van der Waals surface area contributed by atoms with Crippen molar-refractivity contribution in [3.8, 4) is 11.1 Å². The number of primary amides is 1. The first kappa shape index (κ1) is 30.3. The minimum Gasteiger partial charge on any atom is -0.449 e. The topological polar surface area (TPSA) is 128 Å². The maximum absolute atomic E-state index is 13.2. The fraction of sp³-hybridized carbons (Fsp3) is 0.515. The highest BCUT2D eigenvalue weighted by atomic mass is 16.5. The van der Waals surface area contributed by atoms with Crippen LogP contribution in [-0.2, 0) is 19.1 Å². The number of rotatable bonds is 14. The Balaban J connectivity index is 1.29. The number of amides is 3. The Bertz CT molecular complexity index is 1190. The lowest BCUT2D eigenvalue weighted by Crippen LogP contribution is -2.45. The molecule has 4 N–H and O–H groups in total. The number of fused-ring (bicyclic) bond motifs is 3. The smallest absolute Gasteiger partial charge is 0.407 e. The number of nitrogens with two attached hydrogens (primary N) is 1. The fourth-order valence-electron chi connectivity index (χ4n) is 6.19. The van der Waals surface area contributed by atoms with Crippen molar-refractivity contribution in [2.24, 2.45) is 23.5 Å². The summed E-state index contributed by atoms with van der Waals surface area (Å²) in [6.45, 7) is 4.48. The molecule has 1 fully saturated rings. The van der Waals surface area contributed by atoms with Crippen LogP contribution in [0.15, 0.2) is 48.5 Å². The van der Waals surface area contributed by atoms with Gasteiger partial charge in [-0.2, -0.15) is 0 Å². The van der Waals surface area contributed by atoms with Crippen LogP contribution in [0.5, 0.6) is 0 Å². The maximum atomic E-state index is 13.2. The molecule has 0 unspecified atom stereocenters. The highest BCUT2D eigenvalue weighted by molar-refractivity contribution is 5.92. The zero-order valence-corrected chi connectivity index (χ0v) is 24.2. The monoisotopic (exact) mass is 561 g/mol. The van der Waals surface area contributed by atoms with Gasteiger partial charge in [0.15, 0.2) is 5.78 Å². The van der Waals surface area contributed by atoms with Crippen molar-refractivity contribution in [1.82, 2.24) is 10.6 Å². The zero-order valence-electron chi connectivity index (χ0n) is 24.2. The van der Waals surface area contributed by atoms with Gasteiger partial charge in [0.25, 0.3) is 0 Å². The number of carbonyl (C=O) groups is 4. The van der Waals surface area contributed by atoms with Crippen LogP contribution in [0.4, 0.5) is 4.79 Å². The molecular weight excluding hydrogens is 518 g/mol. The summed E-state index contributed by atoms with van der Waals surface area (Å²) in [5.74, 6) is -1.24. The summed E-state index contributed by atoms with van der Waals surface area (Å²) in [7, 11) is 0. The third-order valence-corrected chi connectivity index (χ3v) is 8.32. The van der Waals surface area contributed by atoms with Crippen LogP contribution >= 0.6 is 0 Å². The molecule has 0 heterocycles. The largest absolute Gasteiger partial charge is 0.449 e. The van der Waals surface area contributed by atoms with Crippen LogP contribution in [0.1, 0.15) is 82.3 Å². The van der Waals surface area contributed by atoms with Gasteiger partial charge in [0.05, 0.1) is 6.04 Å². The molecule has 0 saturated heterocycles. The number of benzene rings is 2. The number of Topliss-reactive ketones (excluding diaryl/α,β-unsaturated/α-hetero) is 1. The SMILES string of the molecule is CC(C)C[C@H](CC(=O)[C@H](CCCNC(=O)OCC1c2ccccc2-c2ccccc21)NC(=O)C1CCCC1)C(N)=O. The Kier molecular flexibility index (Phi) is 10.6. The second-order valence-corrected chi connectivity index (χ2v) is 11.8. The van der Waals surface area contributed by atoms with Gasteiger partial charge >= 0.3 is 6.09 Å². The lowest BCUT2D eigenvalue weighted by molar-refractivity contribution is -0.132. The van der Waals surface area contributed by atoms with Crippen molar-refractivity contribution in [3.05, 3.63) is 59.7 Å². The molecule has 0 spiro atoms. The van der Waals surface area contributed by atoms with E-state index in [0.29, 0.717) is 25.8 Å². The van der Waals surface area contributed by atoms with Gasteiger partial charge in [-0.05, 0) is 60.3 Å². The number of hydrogen-bond donors (Lipinski definition) is 3. The average Bonchev–Trinajstić information content (AvgIpc) is 3.60. The summed E-state index contributed by atoms with van der Waals surface area (Å²) in [6.07, 6.45) is 4.51. The molecule has 8 nitrogen and oxygen atoms in total. The van der Waals surface area contributed by atoms with Crippen LogP contribution in [-0.4, -0.2) is 42.9 Å².